The van der Waals surface area contributed by atoms with Crippen molar-refractivity contribution < 1.29 is 4.74 Å². The molecular weight excluding hydrogens is 274 g/mol. The average Bonchev–Trinajstić information content (AvgIpc) is 2.85. The maximum absolute atomic E-state index is 9.45. The Balaban J connectivity index is 2.38. The second-order valence-electron chi connectivity index (χ2n) is 6.00. The van der Waals surface area contributed by atoms with Crippen molar-refractivity contribution in [2.24, 2.45) is 0 Å². The first-order valence-corrected chi connectivity index (χ1v) is 7.54. The van der Waals surface area contributed by atoms with Gasteiger partial charge in [-0.3, -0.25) is 4.68 Å². The summed E-state index contributed by atoms with van der Waals surface area (Å²) in [5.41, 5.74) is 3.78. The summed E-state index contributed by atoms with van der Waals surface area (Å²) in [6, 6.07) is 10.4. The quantitative estimate of drug-likeness (QED) is 0.847. The fraction of sp³-hybridized carbons (Fsp3) is 0.444. The van der Waals surface area contributed by atoms with Crippen LogP contribution in [0.2, 0.25) is 0 Å². The van der Waals surface area contributed by atoms with Crippen LogP contribution in [0.1, 0.15) is 43.3 Å². The monoisotopic (exact) mass is 297 g/mol. The second-order valence-corrected chi connectivity index (χ2v) is 6.00. The van der Waals surface area contributed by atoms with Crippen LogP contribution in [0, 0.1) is 18.3 Å². The minimum Gasteiger partial charge on any atom is -0.497 e. The third-order valence-electron chi connectivity index (χ3n) is 4.01. The Kier molecular flexibility index (Phi) is 4.56. The molecule has 2 rings (SSSR count). The van der Waals surface area contributed by atoms with E-state index in [1.807, 2.05) is 49.7 Å². The summed E-state index contributed by atoms with van der Waals surface area (Å²) in [5, 5.41) is 14.2. The van der Waals surface area contributed by atoms with Crippen LogP contribution in [0.15, 0.2) is 24.3 Å². The summed E-state index contributed by atoms with van der Waals surface area (Å²) in [5.74, 6) is 0.849. The van der Waals surface area contributed by atoms with E-state index in [4.69, 9.17) is 9.84 Å². The molecule has 0 N–H and O–H groups in total. The van der Waals surface area contributed by atoms with E-state index in [-0.39, 0.29) is 0 Å². The van der Waals surface area contributed by atoms with Crippen molar-refractivity contribution in [3.05, 3.63) is 46.8 Å². The summed E-state index contributed by atoms with van der Waals surface area (Å²) >= 11 is 0. The number of ether oxygens (including phenoxy) is 1. The smallest absolute Gasteiger partial charge is 0.118 e. The second kappa shape index (κ2) is 6.23. The van der Waals surface area contributed by atoms with E-state index in [9.17, 15) is 5.26 Å². The Morgan fingerprint density at radius 1 is 1.27 bits per heavy atom. The van der Waals surface area contributed by atoms with Gasteiger partial charge in [0.15, 0.2) is 0 Å². The first kappa shape index (κ1) is 16.1. The molecule has 4 heteroatoms. The van der Waals surface area contributed by atoms with Crippen molar-refractivity contribution in [2.45, 2.75) is 46.1 Å². The number of nitrogens with zero attached hydrogens (tertiary/aromatic N) is 3. The van der Waals surface area contributed by atoms with Crippen LogP contribution in [0.25, 0.3) is 0 Å². The van der Waals surface area contributed by atoms with E-state index in [0.717, 1.165) is 34.7 Å². The van der Waals surface area contributed by atoms with Crippen molar-refractivity contribution in [3.63, 3.8) is 0 Å². The van der Waals surface area contributed by atoms with Gasteiger partial charge in [0.1, 0.15) is 5.75 Å². The molecule has 1 heterocycles. The molecule has 116 valence electrons. The van der Waals surface area contributed by atoms with Gasteiger partial charge < -0.3 is 4.74 Å². The number of hydrogen-bond acceptors (Lipinski definition) is 3. The lowest BCUT2D eigenvalue weighted by atomic mass is 9.84. The Morgan fingerprint density at radius 3 is 2.41 bits per heavy atom. The number of nitriles is 1. The average molecular weight is 297 g/mol. The molecule has 0 unspecified atom stereocenters. The molecule has 0 amide bonds. The van der Waals surface area contributed by atoms with Crippen molar-refractivity contribution >= 4 is 0 Å². The SMILES string of the molecule is CCc1nn(Cc2ccc(OC)cc2)c(C)c1C(C)(C)C#N. The van der Waals surface area contributed by atoms with Crippen LogP contribution in [0.5, 0.6) is 5.75 Å². The third kappa shape index (κ3) is 2.99. The minimum atomic E-state index is -0.520. The zero-order chi connectivity index (χ0) is 16.3. The maximum Gasteiger partial charge on any atom is 0.118 e. The molecule has 4 nitrogen and oxygen atoms in total. The Bertz CT molecular complexity index is 690. The van der Waals surface area contributed by atoms with Crippen molar-refractivity contribution in [3.8, 4) is 11.8 Å². The third-order valence-corrected chi connectivity index (χ3v) is 4.01. The van der Waals surface area contributed by atoms with Crippen molar-refractivity contribution in [1.29, 1.82) is 5.26 Å². The molecule has 1 aromatic carbocycles. The number of benzene rings is 1. The van der Waals surface area contributed by atoms with E-state index >= 15 is 0 Å². The summed E-state index contributed by atoms with van der Waals surface area (Å²) < 4.78 is 7.18. The van der Waals surface area contributed by atoms with Crippen molar-refractivity contribution in [1.82, 2.24) is 9.78 Å². The molecular formula is C18H23N3O. The lowest BCUT2D eigenvalue weighted by Gasteiger charge is -2.17. The van der Waals surface area contributed by atoms with Gasteiger partial charge in [-0.05, 0) is 44.9 Å². The Hall–Kier alpha value is -2.28. The lowest BCUT2D eigenvalue weighted by molar-refractivity contribution is 0.414. The minimum absolute atomic E-state index is 0.520. The van der Waals surface area contributed by atoms with Crippen LogP contribution in [0.4, 0.5) is 0 Å². The molecule has 22 heavy (non-hydrogen) atoms. The molecule has 0 fully saturated rings. The molecule has 2 aromatic rings. The zero-order valence-electron chi connectivity index (χ0n) is 14.0. The van der Waals surface area contributed by atoms with Gasteiger partial charge in [0.2, 0.25) is 0 Å². The number of aryl methyl sites for hydroxylation is 1. The van der Waals surface area contributed by atoms with E-state index in [2.05, 4.69) is 13.0 Å². The number of rotatable bonds is 5. The summed E-state index contributed by atoms with van der Waals surface area (Å²) in [6.45, 7) is 8.73. The molecule has 0 radical (unpaired) electrons. The highest BCUT2D eigenvalue weighted by molar-refractivity contribution is 5.38. The van der Waals surface area contributed by atoms with Gasteiger partial charge in [-0.15, -0.1) is 0 Å². The highest BCUT2D eigenvalue weighted by Gasteiger charge is 2.28. The van der Waals surface area contributed by atoms with Gasteiger partial charge in [0.05, 0.1) is 30.8 Å². The van der Waals surface area contributed by atoms with Gasteiger partial charge in [0.25, 0.3) is 0 Å². The Morgan fingerprint density at radius 2 is 1.91 bits per heavy atom. The van der Waals surface area contributed by atoms with Crippen LogP contribution < -0.4 is 4.74 Å². The van der Waals surface area contributed by atoms with Crippen LogP contribution >= 0.6 is 0 Å². The summed E-state index contributed by atoms with van der Waals surface area (Å²) in [4.78, 5) is 0. The molecule has 0 saturated carbocycles. The van der Waals surface area contributed by atoms with Crippen LogP contribution in [-0.2, 0) is 18.4 Å². The normalized spacial score (nSPS) is 11.3. The standard InChI is InChI=1S/C18H23N3O/c1-6-16-17(18(3,4)12-19)13(2)21(20-16)11-14-7-9-15(22-5)10-8-14/h7-10H,6,11H2,1-5H3. The molecule has 0 aliphatic rings. The summed E-state index contributed by atoms with van der Waals surface area (Å²) in [6.07, 6.45) is 0.830. The fourth-order valence-corrected chi connectivity index (χ4v) is 2.78. The fourth-order valence-electron chi connectivity index (χ4n) is 2.78. The largest absolute Gasteiger partial charge is 0.497 e. The molecule has 0 spiro atoms. The molecule has 0 saturated heterocycles. The lowest BCUT2D eigenvalue weighted by Crippen LogP contribution is -2.17. The first-order valence-electron chi connectivity index (χ1n) is 7.54. The van der Waals surface area contributed by atoms with E-state index in [0.29, 0.717) is 6.54 Å². The highest BCUT2D eigenvalue weighted by atomic mass is 16.5. The topological polar surface area (TPSA) is 50.8 Å². The zero-order valence-corrected chi connectivity index (χ0v) is 14.0. The predicted molar refractivity (Wildman–Crippen MR) is 87.1 cm³/mol. The van der Waals surface area contributed by atoms with Crippen molar-refractivity contribution in [2.75, 3.05) is 7.11 Å². The molecule has 1 aromatic heterocycles. The van der Waals surface area contributed by atoms with E-state index < -0.39 is 5.41 Å². The van der Waals surface area contributed by atoms with Gasteiger partial charge in [0, 0.05) is 11.3 Å². The number of aromatic nitrogens is 2. The Labute approximate surface area is 132 Å². The molecule has 0 aliphatic carbocycles. The maximum atomic E-state index is 9.45. The first-order chi connectivity index (χ1) is 10.4. The van der Waals surface area contributed by atoms with E-state index in [1.165, 1.54) is 0 Å². The summed E-state index contributed by atoms with van der Waals surface area (Å²) in [7, 11) is 1.66. The molecule has 0 bridgehead atoms. The number of methoxy groups -OCH3 is 1. The van der Waals surface area contributed by atoms with Gasteiger partial charge in [-0.2, -0.15) is 10.4 Å². The van der Waals surface area contributed by atoms with Crippen LogP contribution in [-0.4, -0.2) is 16.9 Å². The molecule has 0 aliphatic heterocycles. The van der Waals surface area contributed by atoms with Crippen LogP contribution in [0.3, 0.4) is 0 Å². The van der Waals surface area contributed by atoms with E-state index in [1.54, 1.807) is 7.11 Å². The van der Waals surface area contributed by atoms with Gasteiger partial charge in [-0.25, -0.2) is 0 Å². The molecule has 0 atom stereocenters. The van der Waals surface area contributed by atoms with Gasteiger partial charge >= 0.3 is 0 Å². The number of hydrogen-bond donors (Lipinski definition) is 0. The predicted octanol–water partition coefficient (Wildman–Crippen LogP) is 3.61. The van der Waals surface area contributed by atoms with Gasteiger partial charge in [-0.1, -0.05) is 19.1 Å². The highest BCUT2D eigenvalue weighted by Crippen LogP contribution is 2.29.